The van der Waals surface area contributed by atoms with E-state index in [4.69, 9.17) is 0 Å². The van der Waals surface area contributed by atoms with Crippen molar-refractivity contribution in [3.05, 3.63) is 72.1 Å². The van der Waals surface area contributed by atoms with Gasteiger partial charge in [0.1, 0.15) is 17.5 Å². The molecule has 3 aromatic rings. The topological polar surface area (TPSA) is 66.8 Å². The van der Waals surface area contributed by atoms with Gasteiger partial charge in [-0.3, -0.25) is 9.97 Å². The molecule has 6 heteroatoms. The number of anilines is 2. The Labute approximate surface area is 148 Å². The van der Waals surface area contributed by atoms with Crippen molar-refractivity contribution in [2.45, 2.75) is 19.9 Å². The van der Waals surface area contributed by atoms with Crippen molar-refractivity contribution in [1.29, 1.82) is 0 Å². The van der Waals surface area contributed by atoms with E-state index in [2.05, 4.69) is 37.2 Å². The van der Waals surface area contributed by atoms with Gasteiger partial charge in [0.2, 0.25) is 0 Å². The van der Waals surface area contributed by atoms with Crippen LogP contribution in [0.15, 0.2) is 55.1 Å². The molecule has 1 N–H and O–H groups in total. The highest BCUT2D eigenvalue weighted by atomic mass is 15.2. The molecule has 0 aliphatic carbocycles. The van der Waals surface area contributed by atoms with Crippen LogP contribution in [0.4, 0.5) is 11.6 Å². The van der Waals surface area contributed by atoms with Crippen molar-refractivity contribution in [3.63, 3.8) is 0 Å². The molecule has 0 unspecified atom stereocenters. The second-order valence-electron chi connectivity index (χ2n) is 5.89. The van der Waals surface area contributed by atoms with Gasteiger partial charge < -0.3 is 10.2 Å². The minimum atomic E-state index is 0.707. The van der Waals surface area contributed by atoms with Gasteiger partial charge in [0.25, 0.3) is 0 Å². The molecule has 3 aromatic heterocycles. The Kier molecular flexibility index (Phi) is 5.51. The fraction of sp³-hybridized carbons (Fsp3) is 0.263. The highest BCUT2D eigenvalue weighted by Crippen LogP contribution is 2.16. The predicted octanol–water partition coefficient (Wildman–Crippen LogP) is 2.87. The Balaban J connectivity index is 1.64. The van der Waals surface area contributed by atoms with E-state index in [-0.39, 0.29) is 0 Å². The molecule has 0 aliphatic heterocycles. The van der Waals surface area contributed by atoms with Crippen LogP contribution in [0, 0.1) is 6.92 Å². The molecule has 0 saturated heterocycles. The lowest BCUT2D eigenvalue weighted by molar-refractivity contribution is 0.847. The van der Waals surface area contributed by atoms with E-state index < -0.39 is 0 Å². The van der Waals surface area contributed by atoms with Crippen molar-refractivity contribution in [2.75, 3.05) is 23.8 Å². The Morgan fingerprint density at radius 3 is 2.24 bits per heavy atom. The van der Waals surface area contributed by atoms with Crippen LogP contribution >= 0.6 is 0 Å². The summed E-state index contributed by atoms with van der Waals surface area (Å²) in [7, 11) is 2.05. The lowest BCUT2D eigenvalue weighted by Gasteiger charge is -2.19. The third-order valence-corrected chi connectivity index (χ3v) is 3.92. The van der Waals surface area contributed by atoms with Gasteiger partial charge in [-0.15, -0.1) is 0 Å². The maximum Gasteiger partial charge on any atom is 0.134 e. The van der Waals surface area contributed by atoms with Gasteiger partial charge in [-0.2, -0.15) is 0 Å². The van der Waals surface area contributed by atoms with Crippen LogP contribution in [0.1, 0.15) is 17.0 Å². The lowest BCUT2D eigenvalue weighted by Crippen LogP contribution is -2.22. The SMILES string of the molecule is Cc1nc(NCc2ccncc2)cc(N(C)CCc2ccncc2)n1. The van der Waals surface area contributed by atoms with Gasteiger partial charge in [0.05, 0.1) is 0 Å². The molecule has 0 fully saturated rings. The molecule has 0 spiro atoms. The number of hydrogen-bond donors (Lipinski definition) is 1. The first-order valence-electron chi connectivity index (χ1n) is 8.29. The smallest absolute Gasteiger partial charge is 0.134 e. The molecular formula is C19H22N6. The summed E-state index contributed by atoms with van der Waals surface area (Å²) < 4.78 is 0. The summed E-state index contributed by atoms with van der Waals surface area (Å²) in [5.41, 5.74) is 2.43. The van der Waals surface area contributed by atoms with E-state index in [0.717, 1.165) is 30.4 Å². The molecule has 0 aromatic carbocycles. The summed E-state index contributed by atoms with van der Waals surface area (Å²) in [6, 6.07) is 10.0. The number of aromatic nitrogens is 4. The molecule has 3 heterocycles. The molecule has 0 amide bonds. The number of pyridine rings is 2. The zero-order valence-corrected chi connectivity index (χ0v) is 14.6. The maximum atomic E-state index is 4.55. The summed E-state index contributed by atoms with van der Waals surface area (Å²) in [5.74, 6) is 2.50. The minimum Gasteiger partial charge on any atom is -0.366 e. The van der Waals surface area contributed by atoms with Crippen LogP contribution in [0.3, 0.4) is 0 Å². The molecule has 0 bridgehead atoms. The van der Waals surface area contributed by atoms with Crippen LogP contribution in [0.5, 0.6) is 0 Å². The third-order valence-electron chi connectivity index (χ3n) is 3.92. The first-order chi connectivity index (χ1) is 12.2. The van der Waals surface area contributed by atoms with Crippen LogP contribution in [-0.4, -0.2) is 33.5 Å². The van der Waals surface area contributed by atoms with E-state index in [0.29, 0.717) is 6.54 Å². The summed E-state index contributed by atoms with van der Waals surface area (Å²) >= 11 is 0. The molecule has 0 aliphatic rings. The second kappa shape index (κ2) is 8.19. The molecule has 128 valence electrons. The number of nitrogens with zero attached hydrogens (tertiary/aromatic N) is 5. The molecule has 0 radical (unpaired) electrons. The monoisotopic (exact) mass is 334 g/mol. The zero-order chi connectivity index (χ0) is 17.5. The minimum absolute atomic E-state index is 0.707. The average Bonchev–Trinajstić information content (AvgIpc) is 2.66. The molecule has 0 saturated carbocycles. The van der Waals surface area contributed by atoms with Gasteiger partial charge in [-0.05, 0) is 48.7 Å². The summed E-state index contributed by atoms with van der Waals surface area (Å²) in [6.45, 7) is 3.50. The zero-order valence-electron chi connectivity index (χ0n) is 14.6. The van der Waals surface area contributed by atoms with Crippen molar-refractivity contribution >= 4 is 11.6 Å². The summed E-state index contributed by atoms with van der Waals surface area (Å²) in [4.78, 5) is 19.3. The van der Waals surface area contributed by atoms with Gasteiger partial charge in [-0.25, -0.2) is 9.97 Å². The van der Waals surface area contributed by atoms with Gasteiger partial charge >= 0.3 is 0 Å². The third kappa shape index (κ3) is 4.97. The van der Waals surface area contributed by atoms with E-state index in [1.807, 2.05) is 49.6 Å². The quantitative estimate of drug-likeness (QED) is 0.717. The Morgan fingerprint density at radius 1 is 0.920 bits per heavy atom. The van der Waals surface area contributed by atoms with Crippen LogP contribution in [0.2, 0.25) is 0 Å². The maximum absolute atomic E-state index is 4.55. The van der Waals surface area contributed by atoms with Crippen molar-refractivity contribution < 1.29 is 0 Å². The van der Waals surface area contributed by atoms with E-state index in [1.165, 1.54) is 11.1 Å². The Hall–Kier alpha value is -3.02. The molecule has 6 nitrogen and oxygen atoms in total. The van der Waals surface area contributed by atoms with Crippen LogP contribution in [-0.2, 0) is 13.0 Å². The van der Waals surface area contributed by atoms with E-state index in [1.54, 1.807) is 12.4 Å². The normalized spacial score (nSPS) is 10.5. The lowest BCUT2D eigenvalue weighted by atomic mass is 10.2. The van der Waals surface area contributed by atoms with Crippen molar-refractivity contribution in [2.24, 2.45) is 0 Å². The van der Waals surface area contributed by atoms with Crippen LogP contribution < -0.4 is 10.2 Å². The largest absolute Gasteiger partial charge is 0.366 e. The van der Waals surface area contributed by atoms with Gasteiger partial charge in [-0.1, -0.05) is 0 Å². The fourth-order valence-electron chi connectivity index (χ4n) is 2.49. The molecular weight excluding hydrogens is 312 g/mol. The highest BCUT2D eigenvalue weighted by molar-refractivity contribution is 5.49. The Bertz CT molecular complexity index is 792. The first kappa shape index (κ1) is 16.8. The number of aryl methyl sites for hydroxylation is 1. The highest BCUT2D eigenvalue weighted by Gasteiger charge is 2.07. The standard InChI is InChI=1S/C19H22N6/c1-15-23-18(22-14-17-5-10-21-11-6-17)13-19(24-15)25(2)12-7-16-3-8-20-9-4-16/h3-6,8-11,13H,7,12,14H2,1-2H3,(H,22,23,24). The predicted molar refractivity (Wildman–Crippen MR) is 99.5 cm³/mol. The Morgan fingerprint density at radius 2 is 1.56 bits per heavy atom. The number of nitrogens with one attached hydrogen (secondary N) is 1. The van der Waals surface area contributed by atoms with Crippen LogP contribution in [0.25, 0.3) is 0 Å². The van der Waals surface area contributed by atoms with E-state index in [9.17, 15) is 0 Å². The average molecular weight is 334 g/mol. The molecule has 3 rings (SSSR count). The number of rotatable bonds is 7. The summed E-state index contributed by atoms with van der Waals surface area (Å²) in [6.07, 6.45) is 8.18. The first-order valence-corrected chi connectivity index (χ1v) is 8.29. The summed E-state index contributed by atoms with van der Waals surface area (Å²) in [5, 5.41) is 3.36. The second-order valence-corrected chi connectivity index (χ2v) is 5.89. The molecule has 25 heavy (non-hydrogen) atoms. The van der Waals surface area contributed by atoms with Gasteiger partial charge in [0.15, 0.2) is 0 Å². The van der Waals surface area contributed by atoms with Gasteiger partial charge in [0, 0.05) is 51.0 Å². The number of likely N-dealkylation sites (N-methyl/N-ethyl adjacent to an activating group) is 1. The fourth-order valence-corrected chi connectivity index (χ4v) is 2.49. The van der Waals surface area contributed by atoms with Crippen molar-refractivity contribution in [1.82, 2.24) is 19.9 Å². The molecule has 0 atom stereocenters. The number of hydrogen-bond acceptors (Lipinski definition) is 6. The van der Waals surface area contributed by atoms with E-state index >= 15 is 0 Å². The van der Waals surface area contributed by atoms with Crippen molar-refractivity contribution in [3.8, 4) is 0 Å².